The third kappa shape index (κ3) is 7.20. The van der Waals surface area contributed by atoms with Crippen molar-refractivity contribution in [2.45, 2.75) is 51.7 Å². The van der Waals surface area contributed by atoms with Gasteiger partial charge >= 0.3 is 0 Å². The number of hydrogen-bond acceptors (Lipinski definition) is 4. The lowest BCUT2D eigenvalue weighted by Gasteiger charge is -2.17. The average molecular weight is 354 g/mol. The Morgan fingerprint density at radius 3 is 3.04 bits per heavy atom. The van der Waals surface area contributed by atoms with Crippen molar-refractivity contribution >= 4 is 17.3 Å². The molecule has 2 rings (SSSR count). The van der Waals surface area contributed by atoms with E-state index >= 15 is 0 Å². The first-order chi connectivity index (χ1) is 11.7. The number of nitrogens with zero attached hydrogens (tertiary/aromatic N) is 1. The second-order valence-electron chi connectivity index (χ2n) is 6.32. The molecule has 6 heteroatoms. The van der Waals surface area contributed by atoms with E-state index in [2.05, 4.69) is 41.6 Å². The largest absolute Gasteiger partial charge is 0.379 e. The van der Waals surface area contributed by atoms with Crippen molar-refractivity contribution in [2.24, 2.45) is 4.99 Å². The Morgan fingerprint density at radius 1 is 1.50 bits per heavy atom. The molecule has 2 N–H and O–H groups in total. The molecule has 2 unspecified atom stereocenters. The van der Waals surface area contributed by atoms with Gasteiger partial charge in [0.2, 0.25) is 0 Å². The van der Waals surface area contributed by atoms with Crippen molar-refractivity contribution in [1.29, 1.82) is 0 Å². The first kappa shape index (κ1) is 19.2. The topological polar surface area (TPSA) is 54.9 Å². The van der Waals surface area contributed by atoms with Crippen molar-refractivity contribution in [1.82, 2.24) is 10.6 Å². The maximum Gasteiger partial charge on any atom is 0.191 e. The monoisotopic (exact) mass is 353 g/mol. The minimum Gasteiger partial charge on any atom is -0.379 e. The van der Waals surface area contributed by atoms with E-state index in [4.69, 9.17) is 9.47 Å². The van der Waals surface area contributed by atoms with Crippen molar-refractivity contribution in [2.75, 3.05) is 33.4 Å². The summed E-state index contributed by atoms with van der Waals surface area (Å²) in [6.45, 7) is 7.56. The maximum absolute atomic E-state index is 5.67. The number of aryl methyl sites for hydroxylation is 1. The molecular weight excluding hydrogens is 322 g/mol. The second kappa shape index (κ2) is 10.7. The van der Waals surface area contributed by atoms with Gasteiger partial charge < -0.3 is 20.1 Å². The van der Waals surface area contributed by atoms with E-state index in [0.717, 1.165) is 51.6 Å². The zero-order valence-corrected chi connectivity index (χ0v) is 16.0. The summed E-state index contributed by atoms with van der Waals surface area (Å²) >= 11 is 1.86. The van der Waals surface area contributed by atoms with Crippen LogP contribution in [0.2, 0.25) is 0 Å². The predicted molar refractivity (Wildman–Crippen MR) is 101 cm³/mol. The van der Waals surface area contributed by atoms with Crippen LogP contribution < -0.4 is 10.6 Å². The predicted octanol–water partition coefficient (Wildman–Crippen LogP) is 2.74. The van der Waals surface area contributed by atoms with Gasteiger partial charge in [0.1, 0.15) is 0 Å². The van der Waals surface area contributed by atoms with Crippen LogP contribution in [0, 0.1) is 6.92 Å². The SMILES string of the molecule is CN=C(NCCCOCC1CCCO1)NC(C)Cc1ccc(C)s1. The molecule has 5 nitrogen and oxygen atoms in total. The zero-order valence-electron chi connectivity index (χ0n) is 15.1. The minimum absolute atomic E-state index is 0.314. The Kier molecular flexibility index (Phi) is 8.56. The van der Waals surface area contributed by atoms with Gasteiger partial charge in [-0.15, -0.1) is 11.3 Å². The number of nitrogens with one attached hydrogen (secondary N) is 2. The van der Waals surface area contributed by atoms with E-state index in [1.54, 1.807) is 0 Å². The number of thiophene rings is 1. The standard InChI is InChI=1S/C18H31N3O2S/c1-14(12-17-8-7-15(2)24-17)21-18(19-3)20-9-5-10-22-13-16-6-4-11-23-16/h7-8,14,16H,4-6,9-13H2,1-3H3,(H2,19,20,21). The molecule has 24 heavy (non-hydrogen) atoms. The van der Waals surface area contributed by atoms with Crippen LogP contribution in [0.1, 0.15) is 35.9 Å². The van der Waals surface area contributed by atoms with Gasteiger partial charge in [0.15, 0.2) is 5.96 Å². The van der Waals surface area contributed by atoms with Crippen LogP contribution in [0.3, 0.4) is 0 Å². The molecule has 1 saturated heterocycles. The molecule has 2 atom stereocenters. The van der Waals surface area contributed by atoms with Gasteiger partial charge in [-0.1, -0.05) is 0 Å². The van der Waals surface area contributed by atoms with Crippen LogP contribution in [-0.4, -0.2) is 51.5 Å². The number of hydrogen-bond donors (Lipinski definition) is 2. The molecule has 0 radical (unpaired) electrons. The molecule has 2 heterocycles. The Balaban J connectivity index is 1.54. The lowest BCUT2D eigenvalue weighted by molar-refractivity contribution is 0.0168. The molecule has 0 aromatic carbocycles. The summed E-state index contributed by atoms with van der Waals surface area (Å²) < 4.78 is 11.2. The first-order valence-electron chi connectivity index (χ1n) is 8.89. The van der Waals surface area contributed by atoms with Crippen LogP contribution >= 0.6 is 11.3 Å². The molecule has 136 valence electrons. The summed E-state index contributed by atoms with van der Waals surface area (Å²) in [6, 6.07) is 4.74. The van der Waals surface area contributed by atoms with Gasteiger partial charge in [-0.25, -0.2) is 0 Å². The highest BCUT2D eigenvalue weighted by Crippen LogP contribution is 2.16. The smallest absolute Gasteiger partial charge is 0.191 e. The summed E-state index contributed by atoms with van der Waals surface area (Å²) in [4.78, 5) is 7.06. The highest BCUT2D eigenvalue weighted by molar-refractivity contribution is 7.11. The zero-order chi connectivity index (χ0) is 17.2. The highest BCUT2D eigenvalue weighted by Gasteiger charge is 2.14. The van der Waals surface area contributed by atoms with Gasteiger partial charge in [-0.05, 0) is 45.2 Å². The van der Waals surface area contributed by atoms with Crippen molar-refractivity contribution in [3.05, 3.63) is 21.9 Å². The van der Waals surface area contributed by atoms with Crippen LogP contribution in [0.5, 0.6) is 0 Å². The normalized spacial score (nSPS) is 19.5. The number of aliphatic imine (C=N–C) groups is 1. The second-order valence-corrected chi connectivity index (χ2v) is 7.70. The maximum atomic E-state index is 5.67. The summed E-state index contributed by atoms with van der Waals surface area (Å²) in [5, 5.41) is 6.80. The Morgan fingerprint density at radius 2 is 2.38 bits per heavy atom. The average Bonchev–Trinajstić information content (AvgIpc) is 3.21. The molecular formula is C18H31N3O2S. The van der Waals surface area contributed by atoms with Gasteiger partial charge in [0, 0.05) is 49.0 Å². The van der Waals surface area contributed by atoms with Crippen LogP contribution in [0.4, 0.5) is 0 Å². The molecule has 1 aromatic rings. The van der Waals surface area contributed by atoms with Gasteiger partial charge in [0.05, 0.1) is 12.7 Å². The number of guanidine groups is 1. The summed E-state index contributed by atoms with van der Waals surface area (Å²) in [5.41, 5.74) is 0. The van der Waals surface area contributed by atoms with Crippen molar-refractivity contribution < 1.29 is 9.47 Å². The quantitative estimate of drug-likeness (QED) is 0.407. The fourth-order valence-electron chi connectivity index (χ4n) is 2.75. The molecule has 1 aliphatic rings. The fourth-order valence-corrected chi connectivity index (χ4v) is 3.77. The third-order valence-electron chi connectivity index (χ3n) is 4.00. The van der Waals surface area contributed by atoms with E-state index in [0.29, 0.717) is 12.1 Å². The first-order valence-corrected chi connectivity index (χ1v) is 9.71. The van der Waals surface area contributed by atoms with Crippen LogP contribution in [0.15, 0.2) is 17.1 Å². The lowest BCUT2D eigenvalue weighted by Crippen LogP contribution is -2.43. The molecule has 1 fully saturated rings. The summed E-state index contributed by atoms with van der Waals surface area (Å²) in [7, 11) is 1.81. The molecule has 0 saturated carbocycles. The highest BCUT2D eigenvalue weighted by atomic mass is 32.1. The van der Waals surface area contributed by atoms with E-state index in [9.17, 15) is 0 Å². The Hall–Kier alpha value is -1.11. The summed E-state index contributed by atoms with van der Waals surface area (Å²) in [5.74, 6) is 0.856. The molecule has 0 spiro atoms. The van der Waals surface area contributed by atoms with E-state index < -0.39 is 0 Å². The molecule has 0 amide bonds. The van der Waals surface area contributed by atoms with Gasteiger partial charge in [-0.2, -0.15) is 0 Å². The molecule has 1 aromatic heterocycles. The van der Waals surface area contributed by atoms with E-state index in [-0.39, 0.29) is 0 Å². The van der Waals surface area contributed by atoms with E-state index in [1.807, 2.05) is 18.4 Å². The van der Waals surface area contributed by atoms with Crippen molar-refractivity contribution in [3.63, 3.8) is 0 Å². The lowest BCUT2D eigenvalue weighted by atomic mass is 10.2. The third-order valence-corrected chi connectivity index (χ3v) is 5.02. The van der Waals surface area contributed by atoms with Crippen LogP contribution in [0.25, 0.3) is 0 Å². The van der Waals surface area contributed by atoms with Crippen molar-refractivity contribution in [3.8, 4) is 0 Å². The molecule has 0 aliphatic carbocycles. The Bertz CT molecular complexity index is 498. The number of rotatable bonds is 9. The Labute approximate surface area is 149 Å². The van der Waals surface area contributed by atoms with Gasteiger partial charge in [-0.3, -0.25) is 4.99 Å². The minimum atomic E-state index is 0.314. The van der Waals surface area contributed by atoms with Gasteiger partial charge in [0.25, 0.3) is 0 Å². The molecule has 0 bridgehead atoms. The fraction of sp³-hybridized carbons (Fsp3) is 0.722. The van der Waals surface area contributed by atoms with Crippen LogP contribution in [-0.2, 0) is 15.9 Å². The van der Waals surface area contributed by atoms with E-state index in [1.165, 1.54) is 16.2 Å². The summed E-state index contributed by atoms with van der Waals surface area (Å²) in [6.07, 6.45) is 4.60. The number of ether oxygens (including phenoxy) is 2. The molecule has 1 aliphatic heterocycles.